The first-order valence-electron chi connectivity index (χ1n) is 11.1. The zero-order chi connectivity index (χ0) is 26.8. The SMILES string of the molecule is C=CCOc1ccc(C(=O)N/N=C/c2cc(I)c(OCc3ccc(Cl)cc3Cl)c(OCC)c2)cc1OC. The van der Waals surface area contributed by atoms with Gasteiger partial charge in [-0.15, -0.1) is 0 Å². The first-order chi connectivity index (χ1) is 17.9. The molecule has 0 aliphatic rings. The second-order valence-corrected chi connectivity index (χ2v) is 9.46. The van der Waals surface area contributed by atoms with Gasteiger partial charge in [0.15, 0.2) is 23.0 Å². The van der Waals surface area contributed by atoms with E-state index in [-0.39, 0.29) is 6.61 Å². The highest BCUT2D eigenvalue weighted by molar-refractivity contribution is 14.1. The van der Waals surface area contributed by atoms with Gasteiger partial charge < -0.3 is 18.9 Å². The van der Waals surface area contributed by atoms with Crippen LogP contribution in [0.3, 0.4) is 0 Å². The molecule has 1 N–H and O–H groups in total. The van der Waals surface area contributed by atoms with Gasteiger partial charge in [0.25, 0.3) is 5.91 Å². The lowest BCUT2D eigenvalue weighted by molar-refractivity contribution is 0.0954. The molecular weight excluding hydrogens is 630 g/mol. The number of rotatable bonds is 12. The molecule has 0 spiro atoms. The molecule has 0 bridgehead atoms. The number of carbonyl (C=O) groups excluding carboxylic acids is 1. The lowest BCUT2D eigenvalue weighted by Crippen LogP contribution is -2.17. The molecule has 0 aliphatic heterocycles. The van der Waals surface area contributed by atoms with Crippen LogP contribution in [0.1, 0.15) is 28.4 Å². The number of methoxy groups -OCH3 is 1. The van der Waals surface area contributed by atoms with E-state index in [1.165, 1.54) is 13.3 Å². The van der Waals surface area contributed by atoms with E-state index in [0.717, 1.165) is 14.7 Å². The van der Waals surface area contributed by atoms with Crippen LogP contribution in [0.4, 0.5) is 0 Å². The molecule has 3 rings (SSSR count). The van der Waals surface area contributed by atoms with E-state index in [2.05, 4.69) is 39.7 Å². The van der Waals surface area contributed by atoms with Crippen LogP contribution < -0.4 is 24.4 Å². The van der Waals surface area contributed by atoms with E-state index >= 15 is 0 Å². The summed E-state index contributed by atoms with van der Waals surface area (Å²) in [7, 11) is 1.50. The molecule has 1 amide bonds. The Morgan fingerprint density at radius 1 is 1.05 bits per heavy atom. The topological polar surface area (TPSA) is 78.4 Å². The minimum Gasteiger partial charge on any atom is -0.493 e. The number of carbonyl (C=O) groups is 1. The first-order valence-corrected chi connectivity index (χ1v) is 13.0. The van der Waals surface area contributed by atoms with Crippen molar-refractivity contribution in [2.24, 2.45) is 5.10 Å². The van der Waals surface area contributed by atoms with Crippen molar-refractivity contribution in [2.75, 3.05) is 20.3 Å². The summed E-state index contributed by atoms with van der Waals surface area (Å²) >= 11 is 14.4. The van der Waals surface area contributed by atoms with Crippen molar-refractivity contribution >= 4 is 57.9 Å². The van der Waals surface area contributed by atoms with Crippen molar-refractivity contribution in [3.8, 4) is 23.0 Å². The summed E-state index contributed by atoms with van der Waals surface area (Å²) in [4.78, 5) is 12.6. The van der Waals surface area contributed by atoms with E-state index < -0.39 is 5.91 Å². The summed E-state index contributed by atoms with van der Waals surface area (Å²) < 4.78 is 23.5. The zero-order valence-corrected chi connectivity index (χ0v) is 23.9. The Balaban J connectivity index is 1.71. The third-order valence-electron chi connectivity index (χ3n) is 4.88. The van der Waals surface area contributed by atoms with Crippen molar-refractivity contribution in [2.45, 2.75) is 13.5 Å². The standard InChI is InChI=1S/C27H25Cl2IN2O5/c1-4-10-36-23-9-7-18(13-24(23)34-3)27(33)32-31-15-17-11-22(30)26(25(12-17)35-5-2)37-16-19-6-8-20(28)14-21(19)29/h4,6-9,11-15H,1,5,10,16H2,2-3H3,(H,32,33)/b31-15+. The van der Waals surface area contributed by atoms with Crippen LogP contribution in [0, 0.1) is 3.57 Å². The van der Waals surface area contributed by atoms with Crippen molar-refractivity contribution < 1.29 is 23.7 Å². The summed E-state index contributed by atoms with van der Waals surface area (Å²) in [6.07, 6.45) is 3.15. The van der Waals surface area contributed by atoms with Gasteiger partial charge in [0, 0.05) is 21.2 Å². The summed E-state index contributed by atoms with van der Waals surface area (Å²) in [6, 6.07) is 13.8. The van der Waals surface area contributed by atoms with Gasteiger partial charge in [-0.3, -0.25) is 4.79 Å². The zero-order valence-electron chi connectivity index (χ0n) is 20.2. The van der Waals surface area contributed by atoms with Crippen LogP contribution in [0.15, 0.2) is 66.3 Å². The number of amides is 1. The number of hydrogen-bond acceptors (Lipinski definition) is 6. The Labute approximate surface area is 239 Å². The minimum absolute atomic E-state index is 0.246. The number of nitrogens with zero attached hydrogens (tertiary/aromatic N) is 1. The molecule has 0 unspecified atom stereocenters. The summed E-state index contributed by atoms with van der Waals surface area (Å²) in [5, 5.41) is 5.17. The van der Waals surface area contributed by atoms with E-state index in [1.54, 1.807) is 42.5 Å². The number of hydrogen-bond donors (Lipinski definition) is 1. The van der Waals surface area contributed by atoms with Gasteiger partial charge in [-0.05, 0) is 77.5 Å². The molecule has 194 valence electrons. The van der Waals surface area contributed by atoms with Gasteiger partial charge in [0.2, 0.25) is 0 Å². The number of ether oxygens (including phenoxy) is 4. The van der Waals surface area contributed by atoms with Gasteiger partial charge in [-0.2, -0.15) is 5.10 Å². The highest BCUT2D eigenvalue weighted by Crippen LogP contribution is 2.35. The van der Waals surface area contributed by atoms with E-state index in [0.29, 0.717) is 51.8 Å². The molecule has 0 saturated heterocycles. The number of nitrogens with one attached hydrogen (secondary N) is 1. The fourth-order valence-corrected chi connectivity index (χ4v) is 4.41. The van der Waals surface area contributed by atoms with Crippen LogP contribution >= 0.6 is 45.8 Å². The maximum Gasteiger partial charge on any atom is 0.271 e. The molecule has 3 aromatic rings. The number of halogens is 3. The van der Waals surface area contributed by atoms with Gasteiger partial charge >= 0.3 is 0 Å². The molecule has 0 radical (unpaired) electrons. The Morgan fingerprint density at radius 3 is 2.57 bits per heavy atom. The monoisotopic (exact) mass is 654 g/mol. The maximum atomic E-state index is 12.6. The maximum absolute atomic E-state index is 12.6. The Morgan fingerprint density at radius 2 is 1.86 bits per heavy atom. The molecule has 0 heterocycles. The lowest BCUT2D eigenvalue weighted by atomic mass is 10.2. The van der Waals surface area contributed by atoms with Crippen LogP contribution in [0.25, 0.3) is 0 Å². The number of hydrazone groups is 1. The summed E-state index contributed by atoms with van der Waals surface area (Å²) in [6.45, 7) is 6.52. The summed E-state index contributed by atoms with van der Waals surface area (Å²) in [5.74, 6) is 1.68. The minimum atomic E-state index is -0.399. The predicted octanol–water partition coefficient (Wildman–Crippen LogP) is 6.91. The molecule has 7 nitrogen and oxygen atoms in total. The van der Waals surface area contributed by atoms with Gasteiger partial charge in [-0.25, -0.2) is 5.43 Å². The van der Waals surface area contributed by atoms with E-state index in [9.17, 15) is 4.79 Å². The fourth-order valence-electron chi connectivity index (χ4n) is 3.16. The molecule has 0 atom stereocenters. The van der Waals surface area contributed by atoms with Gasteiger partial charge in [0.1, 0.15) is 13.2 Å². The second-order valence-electron chi connectivity index (χ2n) is 7.45. The quantitative estimate of drug-likeness (QED) is 0.0994. The summed E-state index contributed by atoms with van der Waals surface area (Å²) in [5.41, 5.74) is 4.41. The molecular formula is C27H25Cl2IN2O5. The van der Waals surface area contributed by atoms with Crippen molar-refractivity contribution in [1.82, 2.24) is 5.43 Å². The predicted molar refractivity (Wildman–Crippen MR) is 155 cm³/mol. The van der Waals surface area contributed by atoms with Crippen LogP contribution in [0.5, 0.6) is 23.0 Å². The van der Waals surface area contributed by atoms with Crippen molar-refractivity contribution in [3.05, 3.63) is 91.5 Å². The average Bonchev–Trinajstić information content (AvgIpc) is 2.88. The smallest absolute Gasteiger partial charge is 0.271 e. The van der Waals surface area contributed by atoms with Crippen molar-refractivity contribution in [1.29, 1.82) is 0 Å². The third kappa shape index (κ3) is 8.02. The molecule has 0 aliphatic carbocycles. The molecule has 0 fully saturated rings. The fraction of sp³-hybridized carbons (Fsp3) is 0.185. The highest BCUT2D eigenvalue weighted by atomic mass is 127. The van der Waals surface area contributed by atoms with Crippen LogP contribution in [0.2, 0.25) is 10.0 Å². The first kappa shape index (κ1) is 28.6. The Bertz CT molecular complexity index is 1300. The van der Waals surface area contributed by atoms with Gasteiger partial charge in [0.05, 0.1) is 23.5 Å². The van der Waals surface area contributed by atoms with E-state index in [1.807, 2.05) is 19.1 Å². The largest absolute Gasteiger partial charge is 0.493 e. The molecule has 10 heteroatoms. The molecule has 0 saturated carbocycles. The normalized spacial score (nSPS) is 10.7. The van der Waals surface area contributed by atoms with Gasteiger partial charge in [-0.1, -0.05) is 41.9 Å². The number of benzene rings is 3. The molecule has 0 aromatic heterocycles. The Kier molecular flexibility index (Phi) is 10.9. The molecule has 3 aromatic carbocycles. The highest BCUT2D eigenvalue weighted by Gasteiger charge is 2.14. The van der Waals surface area contributed by atoms with E-state index in [4.69, 9.17) is 42.1 Å². The third-order valence-corrected chi connectivity index (χ3v) is 6.27. The average molecular weight is 655 g/mol. The lowest BCUT2D eigenvalue weighted by Gasteiger charge is -2.15. The molecule has 37 heavy (non-hydrogen) atoms. The Hall–Kier alpha value is -2.95. The van der Waals surface area contributed by atoms with Crippen LogP contribution in [-0.2, 0) is 6.61 Å². The van der Waals surface area contributed by atoms with Crippen LogP contribution in [-0.4, -0.2) is 32.4 Å². The second kappa shape index (κ2) is 14.1. The van der Waals surface area contributed by atoms with Crippen molar-refractivity contribution in [3.63, 3.8) is 0 Å².